The molecule has 0 spiro atoms. The lowest BCUT2D eigenvalue weighted by molar-refractivity contribution is -0.199. The summed E-state index contributed by atoms with van der Waals surface area (Å²) in [6.45, 7) is 1.21. The molecule has 0 radical (unpaired) electrons. The molecule has 3 rings (SSSR count). The van der Waals surface area contributed by atoms with Crippen LogP contribution in [-0.4, -0.2) is 47.3 Å². The van der Waals surface area contributed by atoms with Crippen LogP contribution in [0, 0.1) is 11.7 Å². The molecule has 1 unspecified atom stereocenters. The zero-order valence-corrected chi connectivity index (χ0v) is 17.6. The highest BCUT2D eigenvalue weighted by Crippen LogP contribution is 2.23. The van der Waals surface area contributed by atoms with Crippen molar-refractivity contribution in [2.75, 3.05) is 23.7 Å². The smallest absolute Gasteiger partial charge is 0.335 e. The second kappa shape index (κ2) is 10.0. The number of aromatic nitrogens is 2. The number of oxime groups is 1. The summed E-state index contributed by atoms with van der Waals surface area (Å²) in [4.78, 5) is 27.5. The van der Waals surface area contributed by atoms with Gasteiger partial charge in [-0.3, -0.25) is 4.79 Å². The van der Waals surface area contributed by atoms with Gasteiger partial charge < -0.3 is 20.8 Å². The third kappa shape index (κ3) is 6.00. The first kappa shape index (κ1) is 23.6. The first-order valence-electron chi connectivity index (χ1n) is 9.08. The number of carbonyl (C=O) groups is 2. The zero-order valence-electron chi connectivity index (χ0n) is 16.0. The van der Waals surface area contributed by atoms with Crippen LogP contribution in [-0.2, 0) is 14.4 Å². The summed E-state index contributed by atoms with van der Waals surface area (Å²) in [6, 6.07) is 3.54. The van der Waals surface area contributed by atoms with Crippen LogP contribution < -0.4 is 16.0 Å². The van der Waals surface area contributed by atoms with Crippen molar-refractivity contribution in [3.63, 3.8) is 0 Å². The van der Waals surface area contributed by atoms with Gasteiger partial charge in [0.25, 0.3) is 0 Å². The summed E-state index contributed by atoms with van der Waals surface area (Å²) < 4.78 is 55.6. The number of amides is 1. The van der Waals surface area contributed by atoms with Gasteiger partial charge in [0.1, 0.15) is 5.82 Å². The van der Waals surface area contributed by atoms with Gasteiger partial charge in [0, 0.05) is 12.2 Å². The minimum absolute atomic E-state index is 0.0331. The number of hydrogen-bond acceptors (Lipinski definition) is 8. The van der Waals surface area contributed by atoms with Crippen molar-refractivity contribution in [2.45, 2.75) is 19.0 Å². The van der Waals surface area contributed by atoms with Crippen molar-refractivity contribution in [2.24, 2.45) is 11.1 Å². The fourth-order valence-corrected chi connectivity index (χ4v) is 3.07. The van der Waals surface area contributed by atoms with Crippen molar-refractivity contribution in [3.8, 4) is 0 Å². The molecule has 1 aliphatic rings. The van der Waals surface area contributed by atoms with E-state index < -0.39 is 29.7 Å². The molecule has 1 aliphatic heterocycles. The third-order valence-corrected chi connectivity index (χ3v) is 4.86. The maximum absolute atomic E-state index is 13.5. The monoisotopic (exact) mass is 522 g/mol. The van der Waals surface area contributed by atoms with Crippen LogP contribution in [0.5, 0.6) is 0 Å². The molecule has 1 saturated heterocycles. The Bertz CT molecular complexity index is 1020. The van der Waals surface area contributed by atoms with Crippen LogP contribution in [0.3, 0.4) is 0 Å². The van der Waals surface area contributed by atoms with E-state index in [1.807, 2.05) is 0 Å². The van der Waals surface area contributed by atoms with E-state index in [1.54, 1.807) is 0 Å². The van der Waals surface area contributed by atoms with Crippen LogP contribution in [0.25, 0.3) is 0 Å². The number of nitrogens with one attached hydrogen (secondary N) is 3. The number of carbonyl (C=O) groups excluding carboxylic acids is 2. The molecule has 15 heteroatoms. The molecule has 32 heavy (non-hydrogen) atoms. The van der Waals surface area contributed by atoms with Crippen LogP contribution in [0.4, 0.5) is 29.1 Å². The fourth-order valence-electron chi connectivity index (χ4n) is 2.70. The van der Waals surface area contributed by atoms with Gasteiger partial charge in [-0.15, -0.1) is 0 Å². The highest BCUT2D eigenvalue weighted by Gasteiger charge is 2.42. The summed E-state index contributed by atoms with van der Waals surface area (Å²) >= 11 is 2.97. The average Bonchev–Trinajstić information content (AvgIpc) is 3.21. The Labute approximate surface area is 185 Å². The molecule has 1 aromatic carbocycles. The first-order valence-corrected chi connectivity index (χ1v) is 9.87. The molecule has 2 heterocycles. The van der Waals surface area contributed by atoms with Crippen LogP contribution in [0.2, 0.25) is 0 Å². The lowest BCUT2D eigenvalue weighted by Gasteiger charge is -2.21. The zero-order chi connectivity index (χ0) is 23.3. The molecule has 0 saturated carbocycles. The van der Waals surface area contributed by atoms with Gasteiger partial charge >= 0.3 is 12.1 Å². The van der Waals surface area contributed by atoms with E-state index in [4.69, 9.17) is 0 Å². The quantitative estimate of drug-likeness (QED) is 0.179. The van der Waals surface area contributed by atoms with Crippen molar-refractivity contribution in [1.29, 1.82) is 0 Å². The number of benzene rings is 1. The predicted octanol–water partition coefficient (Wildman–Crippen LogP) is 2.79. The van der Waals surface area contributed by atoms with Gasteiger partial charge in [0.15, 0.2) is 5.69 Å². The Hall–Kier alpha value is -3.07. The van der Waals surface area contributed by atoms with Crippen LogP contribution in [0.15, 0.2) is 32.5 Å². The lowest BCUT2D eigenvalue weighted by atomic mass is 9.99. The van der Waals surface area contributed by atoms with E-state index in [0.29, 0.717) is 13.0 Å². The van der Waals surface area contributed by atoms with E-state index in [2.05, 4.69) is 56.8 Å². The van der Waals surface area contributed by atoms with Crippen molar-refractivity contribution in [1.82, 2.24) is 15.6 Å². The van der Waals surface area contributed by atoms with Crippen LogP contribution in [0.1, 0.15) is 18.5 Å². The third-order valence-electron chi connectivity index (χ3n) is 4.26. The summed E-state index contributed by atoms with van der Waals surface area (Å²) in [5.41, 5.74) is -0.214. The number of hydrogen-bond donors (Lipinski definition) is 3. The normalized spacial score (nSPS) is 17.0. The molecule has 1 amide bonds. The van der Waals surface area contributed by atoms with Crippen molar-refractivity contribution >= 4 is 45.1 Å². The number of piperidine rings is 1. The minimum Gasteiger partial charge on any atom is -0.335 e. The largest absolute Gasteiger partial charge is 0.493 e. The number of amidine groups is 1. The summed E-state index contributed by atoms with van der Waals surface area (Å²) in [5, 5.41) is 18.3. The number of nitrogens with zero attached hydrogens (tertiary/aromatic N) is 3. The summed E-state index contributed by atoms with van der Waals surface area (Å²) in [5.74, 6) is -4.82. The molecule has 1 atom stereocenters. The predicted molar refractivity (Wildman–Crippen MR) is 105 cm³/mol. The average molecular weight is 523 g/mol. The Kier molecular flexibility index (Phi) is 7.40. The SMILES string of the molecule is O=C(Nc1nonc1/C(=N\OC(=O)C(F)(F)F)Nc1ccc(F)c(Br)c1)C1CCCNC1. The van der Waals surface area contributed by atoms with E-state index >= 15 is 0 Å². The summed E-state index contributed by atoms with van der Waals surface area (Å²) in [7, 11) is 0. The Morgan fingerprint density at radius 2 is 2.06 bits per heavy atom. The summed E-state index contributed by atoms with van der Waals surface area (Å²) in [6.07, 6.45) is -3.91. The molecule has 0 aliphatic carbocycles. The van der Waals surface area contributed by atoms with Gasteiger partial charge in [0.2, 0.25) is 17.6 Å². The topological polar surface area (TPSA) is 131 Å². The highest BCUT2D eigenvalue weighted by molar-refractivity contribution is 9.10. The molecular weight excluding hydrogens is 508 g/mol. The maximum atomic E-state index is 13.5. The fraction of sp³-hybridized carbons (Fsp3) is 0.353. The van der Waals surface area contributed by atoms with E-state index in [-0.39, 0.29) is 27.6 Å². The minimum atomic E-state index is -5.30. The Morgan fingerprint density at radius 3 is 2.72 bits per heavy atom. The van der Waals surface area contributed by atoms with Gasteiger partial charge in [-0.2, -0.15) is 13.2 Å². The second-order valence-corrected chi connectivity index (χ2v) is 7.42. The maximum Gasteiger partial charge on any atom is 0.493 e. The number of rotatable bonds is 5. The second-order valence-electron chi connectivity index (χ2n) is 6.56. The van der Waals surface area contributed by atoms with E-state index in [1.165, 1.54) is 12.1 Å². The van der Waals surface area contributed by atoms with Crippen LogP contribution >= 0.6 is 15.9 Å². The van der Waals surface area contributed by atoms with Crippen molar-refractivity contribution < 1.29 is 36.6 Å². The van der Waals surface area contributed by atoms with Gasteiger partial charge in [-0.05, 0) is 63.8 Å². The molecule has 0 bridgehead atoms. The molecule has 1 aromatic heterocycles. The first-order chi connectivity index (χ1) is 15.1. The molecule has 10 nitrogen and oxygen atoms in total. The van der Waals surface area contributed by atoms with Gasteiger partial charge in [-0.25, -0.2) is 13.8 Å². The van der Waals surface area contributed by atoms with E-state index in [0.717, 1.165) is 19.0 Å². The number of alkyl halides is 3. The highest BCUT2D eigenvalue weighted by atomic mass is 79.9. The number of anilines is 2. The number of halogens is 5. The van der Waals surface area contributed by atoms with Crippen molar-refractivity contribution in [3.05, 3.63) is 34.2 Å². The molecule has 172 valence electrons. The standard InChI is InChI=1S/C17H15BrF4N6O4/c18-10-6-9(3-4-11(10)19)24-13(27-31-16(30)17(20,21)22)12-14(28-32-26-12)25-15(29)8-2-1-5-23-7-8/h3-4,6,8,23H,1-2,5,7H2,(H,24,27)(H,25,28,29). The Balaban J connectivity index is 1.87. The molecule has 3 N–H and O–H groups in total. The molecular formula is C17H15BrF4N6O4. The molecule has 2 aromatic rings. The van der Waals surface area contributed by atoms with Gasteiger partial charge in [0.05, 0.1) is 10.4 Å². The van der Waals surface area contributed by atoms with Gasteiger partial charge in [-0.1, -0.05) is 5.16 Å². The van der Waals surface area contributed by atoms with E-state index in [9.17, 15) is 27.2 Å². The molecule has 1 fully saturated rings. The Morgan fingerprint density at radius 1 is 1.28 bits per heavy atom. The lowest BCUT2D eigenvalue weighted by Crippen LogP contribution is -2.37.